The summed E-state index contributed by atoms with van der Waals surface area (Å²) in [7, 11) is -3.02. The molecular weight excluding hydrogens is 331 g/mol. The molecule has 1 aromatic heterocycles. The van der Waals surface area contributed by atoms with Crippen LogP contribution >= 0.6 is 23.2 Å². The number of para-hydroxylation sites is 1. The molecule has 7 heteroatoms. The molecule has 4 nitrogen and oxygen atoms in total. The summed E-state index contributed by atoms with van der Waals surface area (Å²) in [6, 6.07) is 5.35. The number of halogens is 2. The lowest BCUT2D eigenvalue weighted by atomic mass is 10.1. The van der Waals surface area contributed by atoms with Crippen LogP contribution in [0.25, 0.3) is 11.0 Å². The van der Waals surface area contributed by atoms with Gasteiger partial charge >= 0.3 is 0 Å². The Hall–Kier alpha value is -0.780. The summed E-state index contributed by atoms with van der Waals surface area (Å²) in [6.07, 6.45) is 1.46. The molecule has 0 radical (unpaired) electrons. The molecule has 1 aliphatic rings. The summed E-state index contributed by atoms with van der Waals surface area (Å²) >= 11 is 12.6. The lowest BCUT2D eigenvalue weighted by molar-refractivity contribution is 0.466. The largest absolute Gasteiger partial charge is 0.321 e. The fourth-order valence-electron chi connectivity index (χ4n) is 2.98. The van der Waals surface area contributed by atoms with Gasteiger partial charge in [0.25, 0.3) is 0 Å². The third-order valence-electron chi connectivity index (χ3n) is 3.85. The zero-order valence-electron chi connectivity index (χ0n) is 11.6. The minimum Gasteiger partial charge on any atom is -0.321 e. The summed E-state index contributed by atoms with van der Waals surface area (Å²) in [5.74, 6) is 1.07. The molecule has 0 N–H and O–H groups in total. The van der Waals surface area contributed by atoms with Gasteiger partial charge in [-0.2, -0.15) is 0 Å². The molecule has 2 atom stereocenters. The summed E-state index contributed by atoms with van der Waals surface area (Å²) in [4.78, 5) is 4.55. The van der Waals surface area contributed by atoms with Crippen LogP contribution in [0.15, 0.2) is 18.2 Å². The lowest BCUT2D eigenvalue weighted by Gasteiger charge is -2.26. The molecule has 0 aliphatic carbocycles. The number of hydrogen-bond acceptors (Lipinski definition) is 3. The van der Waals surface area contributed by atoms with E-state index in [1.807, 2.05) is 23.6 Å². The molecular formula is C14H16Cl2N2O2S. The van der Waals surface area contributed by atoms with Crippen LogP contribution in [-0.2, 0) is 9.84 Å². The number of hydrogen-bond donors (Lipinski definition) is 0. The van der Waals surface area contributed by atoms with Gasteiger partial charge in [0.2, 0.25) is 0 Å². The van der Waals surface area contributed by atoms with Gasteiger partial charge in [0.05, 0.1) is 32.9 Å². The van der Waals surface area contributed by atoms with Gasteiger partial charge in [-0.3, -0.25) is 0 Å². The van der Waals surface area contributed by atoms with Gasteiger partial charge < -0.3 is 4.57 Å². The number of imidazole rings is 1. The summed E-state index contributed by atoms with van der Waals surface area (Å²) < 4.78 is 25.9. The second-order valence-corrected chi connectivity index (χ2v) is 8.76. The second-order valence-electron chi connectivity index (χ2n) is 5.47. The maximum atomic E-state index is 12.0. The Morgan fingerprint density at radius 2 is 2.19 bits per heavy atom. The van der Waals surface area contributed by atoms with Crippen molar-refractivity contribution in [3.8, 4) is 0 Å². The average molecular weight is 347 g/mol. The normalized spacial score (nSPS) is 23.3. The molecule has 114 valence electrons. The Labute approximate surface area is 134 Å². The van der Waals surface area contributed by atoms with Crippen LogP contribution in [0.2, 0.25) is 5.02 Å². The Morgan fingerprint density at radius 3 is 2.86 bits per heavy atom. The maximum absolute atomic E-state index is 12.0. The first-order valence-corrected chi connectivity index (χ1v) is 9.53. The van der Waals surface area contributed by atoms with Crippen molar-refractivity contribution in [1.82, 2.24) is 9.55 Å². The molecule has 2 heterocycles. The van der Waals surface area contributed by atoms with Crippen LogP contribution in [0.3, 0.4) is 0 Å². The first kappa shape index (κ1) is 15.1. The maximum Gasteiger partial charge on any atom is 0.152 e. The van der Waals surface area contributed by atoms with Crippen molar-refractivity contribution in [1.29, 1.82) is 0 Å². The number of alkyl halides is 1. The first-order valence-electron chi connectivity index (χ1n) is 6.90. The zero-order chi connectivity index (χ0) is 15.2. The number of aromatic nitrogens is 2. The van der Waals surface area contributed by atoms with E-state index in [0.29, 0.717) is 17.3 Å². The Bertz CT molecular complexity index is 784. The quantitative estimate of drug-likeness (QED) is 0.778. The SMILES string of the molecule is CC(Cl)c1nc2cccc(Cl)c2n1C1CCCS(=O)(=O)C1. The topological polar surface area (TPSA) is 52.0 Å². The number of benzene rings is 1. The smallest absolute Gasteiger partial charge is 0.152 e. The third kappa shape index (κ3) is 2.79. The number of sulfone groups is 1. The molecule has 1 fully saturated rings. The van der Waals surface area contributed by atoms with Crippen molar-refractivity contribution in [3.63, 3.8) is 0 Å². The van der Waals surface area contributed by atoms with E-state index in [1.54, 1.807) is 6.07 Å². The summed E-state index contributed by atoms with van der Waals surface area (Å²) in [6.45, 7) is 1.84. The van der Waals surface area contributed by atoms with Gasteiger partial charge in [0, 0.05) is 6.04 Å². The Kier molecular flexibility index (Phi) is 3.93. The number of nitrogens with zero attached hydrogens (tertiary/aromatic N) is 2. The molecule has 0 spiro atoms. The standard InChI is InChI=1S/C14H16Cl2N2O2S/c1-9(15)14-17-12-6-2-5-11(16)13(12)18(14)10-4-3-7-21(19,20)8-10/h2,5-6,9-10H,3-4,7-8H2,1H3. The average Bonchev–Trinajstić information content (AvgIpc) is 2.78. The number of fused-ring (bicyclic) bond motifs is 1. The van der Waals surface area contributed by atoms with Crippen molar-refractivity contribution >= 4 is 44.1 Å². The van der Waals surface area contributed by atoms with E-state index in [1.165, 1.54) is 0 Å². The fraction of sp³-hybridized carbons (Fsp3) is 0.500. The Morgan fingerprint density at radius 1 is 1.43 bits per heavy atom. The van der Waals surface area contributed by atoms with Gasteiger partial charge in [0.1, 0.15) is 5.82 Å². The van der Waals surface area contributed by atoms with Crippen molar-refractivity contribution < 1.29 is 8.42 Å². The molecule has 1 saturated heterocycles. The molecule has 0 bridgehead atoms. The van der Waals surface area contributed by atoms with Crippen LogP contribution in [0.5, 0.6) is 0 Å². The molecule has 2 aromatic rings. The molecule has 0 saturated carbocycles. The molecule has 3 rings (SSSR count). The third-order valence-corrected chi connectivity index (χ3v) is 6.15. The van der Waals surface area contributed by atoms with Crippen LogP contribution in [0.1, 0.15) is 37.0 Å². The summed E-state index contributed by atoms with van der Waals surface area (Å²) in [5.41, 5.74) is 1.54. The second kappa shape index (κ2) is 5.45. The van der Waals surface area contributed by atoms with E-state index in [9.17, 15) is 8.42 Å². The van der Waals surface area contributed by atoms with Crippen LogP contribution in [0, 0.1) is 0 Å². The van der Waals surface area contributed by atoms with Crippen molar-refractivity contribution in [2.45, 2.75) is 31.2 Å². The highest BCUT2D eigenvalue weighted by molar-refractivity contribution is 7.91. The van der Waals surface area contributed by atoms with E-state index in [-0.39, 0.29) is 22.9 Å². The first-order chi connectivity index (χ1) is 9.89. The van der Waals surface area contributed by atoms with Gasteiger partial charge in [-0.05, 0) is 31.9 Å². The van der Waals surface area contributed by atoms with Crippen LogP contribution < -0.4 is 0 Å². The molecule has 0 amide bonds. The minimum atomic E-state index is -3.02. The van der Waals surface area contributed by atoms with Crippen LogP contribution in [-0.4, -0.2) is 29.5 Å². The number of rotatable bonds is 2. The van der Waals surface area contributed by atoms with Gasteiger partial charge in [-0.1, -0.05) is 17.7 Å². The van der Waals surface area contributed by atoms with Crippen LogP contribution in [0.4, 0.5) is 0 Å². The van der Waals surface area contributed by atoms with Gasteiger partial charge in [-0.15, -0.1) is 11.6 Å². The minimum absolute atomic E-state index is 0.125. The van der Waals surface area contributed by atoms with Gasteiger partial charge in [-0.25, -0.2) is 13.4 Å². The predicted octanol–water partition coefficient (Wildman–Crippen LogP) is 3.74. The van der Waals surface area contributed by atoms with Crippen molar-refractivity contribution in [2.75, 3.05) is 11.5 Å². The van der Waals surface area contributed by atoms with Crippen molar-refractivity contribution in [2.24, 2.45) is 0 Å². The highest BCUT2D eigenvalue weighted by Crippen LogP contribution is 2.35. The lowest BCUT2D eigenvalue weighted by Crippen LogP contribution is -2.28. The van der Waals surface area contributed by atoms with E-state index in [4.69, 9.17) is 23.2 Å². The highest BCUT2D eigenvalue weighted by Gasteiger charge is 2.30. The monoisotopic (exact) mass is 346 g/mol. The van der Waals surface area contributed by atoms with E-state index in [0.717, 1.165) is 17.5 Å². The summed E-state index contributed by atoms with van der Waals surface area (Å²) in [5, 5.41) is 0.268. The Balaban J connectivity index is 2.22. The van der Waals surface area contributed by atoms with E-state index >= 15 is 0 Å². The van der Waals surface area contributed by atoms with E-state index < -0.39 is 9.84 Å². The predicted molar refractivity (Wildman–Crippen MR) is 85.9 cm³/mol. The van der Waals surface area contributed by atoms with E-state index in [2.05, 4.69) is 4.98 Å². The zero-order valence-corrected chi connectivity index (χ0v) is 13.9. The van der Waals surface area contributed by atoms with Crippen molar-refractivity contribution in [3.05, 3.63) is 29.0 Å². The molecule has 1 aromatic carbocycles. The molecule has 2 unspecified atom stereocenters. The van der Waals surface area contributed by atoms with Gasteiger partial charge in [0.15, 0.2) is 9.84 Å². The fourth-order valence-corrected chi connectivity index (χ4v) is 5.07. The molecule has 21 heavy (non-hydrogen) atoms. The molecule has 1 aliphatic heterocycles. The highest BCUT2D eigenvalue weighted by atomic mass is 35.5.